The number of pyridine rings is 2. The van der Waals surface area contributed by atoms with Crippen molar-refractivity contribution < 1.29 is 19.1 Å². The molecule has 2 aromatic carbocycles. The van der Waals surface area contributed by atoms with Crippen molar-refractivity contribution in [2.45, 2.75) is 58.0 Å². The number of ether oxygens (including phenoxy) is 2. The Bertz CT molecular complexity index is 2030. The Morgan fingerprint density at radius 1 is 0.907 bits per heavy atom. The van der Waals surface area contributed by atoms with Gasteiger partial charge < -0.3 is 19.7 Å². The molecular weight excluding hydrogens is 725 g/mol. The molecule has 0 bridgehead atoms. The van der Waals surface area contributed by atoms with Crippen molar-refractivity contribution in [1.29, 1.82) is 0 Å². The van der Waals surface area contributed by atoms with E-state index in [0.717, 1.165) is 16.8 Å². The molecule has 3 amide bonds. The second-order valence-electron chi connectivity index (χ2n) is 14.8. The van der Waals surface area contributed by atoms with Crippen LogP contribution in [0.1, 0.15) is 63.9 Å². The van der Waals surface area contributed by atoms with Crippen molar-refractivity contribution in [3.05, 3.63) is 112 Å². The van der Waals surface area contributed by atoms with Gasteiger partial charge in [-0.3, -0.25) is 24.6 Å². The zero-order chi connectivity index (χ0) is 38.8. The van der Waals surface area contributed by atoms with E-state index in [9.17, 15) is 4.79 Å². The number of urea groups is 1. The molecule has 1 N–H and O–H groups in total. The summed E-state index contributed by atoms with van der Waals surface area (Å²) in [7, 11) is 1.51. The highest BCUT2D eigenvalue weighted by molar-refractivity contribution is 6.30. The lowest BCUT2D eigenvalue weighted by Crippen LogP contribution is -2.61. The Balaban J connectivity index is 1.39. The second-order valence-corrected chi connectivity index (χ2v) is 15.7. The molecular formula is C41H47Cl2N7O4. The predicted octanol–water partition coefficient (Wildman–Crippen LogP) is 7.76. The number of hydrogen-bond acceptors (Lipinski definition) is 8. The number of amides is 3. The van der Waals surface area contributed by atoms with E-state index in [-0.39, 0.29) is 23.9 Å². The van der Waals surface area contributed by atoms with Crippen LogP contribution in [0.5, 0.6) is 11.6 Å². The van der Waals surface area contributed by atoms with Gasteiger partial charge in [-0.2, -0.15) is 0 Å². The van der Waals surface area contributed by atoms with Gasteiger partial charge in [-0.05, 0) is 68.3 Å². The Labute approximate surface area is 327 Å². The molecule has 2 aliphatic rings. The highest BCUT2D eigenvalue weighted by Gasteiger charge is 2.60. The molecule has 4 heterocycles. The second kappa shape index (κ2) is 15.6. The average Bonchev–Trinajstić information content (AvgIpc) is 3.39. The molecule has 0 saturated carbocycles. The lowest BCUT2D eigenvalue weighted by Gasteiger charge is -2.47. The minimum Gasteiger partial charge on any atom is -0.493 e. The zero-order valence-electron chi connectivity index (χ0n) is 31.8. The smallest absolute Gasteiger partial charge is 0.326 e. The first-order valence-electron chi connectivity index (χ1n) is 18.1. The summed E-state index contributed by atoms with van der Waals surface area (Å²) < 4.78 is 11.6. The Hall–Kier alpha value is -4.71. The molecule has 0 unspecified atom stereocenters. The standard InChI is InChI=1S/C41H47Cl2N7O4/c1-8-54-33-24-34(39(2,3)4)45-25-31(33)36-47-40(5,27-11-15-29(42)16-12-27)41(6,28-13-17-30(43)18-14-28)50(36)38(52)49-22-20-48(21-23-49)26-35(51)46-32-10-9-19-44-37(32)53-7/h9-19,24-25H,8,20-23,26H2,1-7H3,(H,46,51)/t40-,41+/m0/s1. The summed E-state index contributed by atoms with van der Waals surface area (Å²) in [6, 6.07) is 20.4. The molecule has 2 aliphatic heterocycles. The van der Waals surface area contributed by atoms with E-state index >= 15 is 4.79 Å². The van der Waals surface area contributed by atoms with Gasteiger partial charge in [-0.15, -0.1) is 0 Å². The minimum absolute atomic E-state index is 0.150. The number of amidine groups is 1. The molecule has 2 atom stereocenters. The molecule has 1 saturated heterocycles. The number of piperazine rings is 1. The fourth-order valence-electron chi connectivity index (χ4n) is 7.14. The van der Waals surface area contributed by atoms with E-state index in [2.05, 4.69) is 31.1 Å². The highest BCUT2D eigenvalue weighted by atomic mass is 35.5. The maximum absolute atomic E-state index is 15.3. The fraction of sp³-hybridized carbons (Fsp3) is 0.390. The quantitative estimate of drug-likeness (QED) is 0.185. The van der Waals surface area contributed by atoms with Crippen LogP contribution in [0.2, 0.25) is 10.0 Å². The molecule has 0 aliphatic carbocycles. The number of halogens is 2. The van der Waals surface area contributed by atoms with Crippen LogP contribution in [0.3, 0.4) is 0 Å². The molecule has 4 aromatic rings. The summed E-state index contributed by atoms with van der Waals surface area (Å²) in [4.78, 5) is 48.6. The van der Waals surface area contributed by atoms with Crippen LogP contribution in [0, 0.1) is 0 Å². The number of carbonyl (C=O) groups is 2. The normalized spacial score (nSPS) is 20.4. The SMILES string of the molecule is CCOc1cc(C(C)(C)C)ncc1C1=N[C@@](C)(c2ccc(Cl)cc2)[C@@](C)(c2ccc(Cl)cc2)N1C(=O)N1CCN(CC(=O)Nc2cccnc2OC)CC1. The number of rotatable bonds is 9. The van der Waals surface area contributed by atoms with Gasteiger partial charge in [0.2, 0.25) is 11.8 Å². The van der Waals surface area contributed by atoms with Crippen LogP contribution < -0.4 is 14.8 Å². The van der Waals surface area contributed by atoms with Crippen molar-refractivity contribution in [3.63, 3.8) is 0 Å². The van der Waals surface area contributed by atoms with Crippen LogP contribution in [0.15, 0.2) is 84.1 Å². The van der Waals surface area contributed by atoms with Crippen molar-refractivity contribution >= 4 is 46.7 Å². The van der Waals surface area contributed by atoms with Gasteiger partial charge in [0.1, 0.15) is 28.4 Å². The first-order valence-corrected chi connectivity index (χ1v) is 18.8. The van der Waals surface area contributed by atoms with Crippen LogP contribution in [-0.4, -0.2) is 88.9 Å². The number of nitrogens with zero attached hydrogens (tertiary/aromatic N) is 6. The monoisotopic (exact) mass is 771 g/mol. The Kier molecular flexibility index (Phi) is 11.2. The minimum atomic E-state index is -1.07. The number of hydrogen-bond donors (Lipinski definition) is 1. The van der Waals surface area contributed by atoms with Crippen LogP contribution in [0.25, 0.3) is 0 Å². The summed E-state index contributed by atoms with van der Waals surface area (Å²) in [5.74, 6) is 1.18. The summed E-state index contributed by atoms with van der Waals surface area (Å²) in [6.07, 6.45) is 3.38. The number of anilines is 1. The molecule has 2 aromatic heterocycles. The van der Waals surface area contributed by atoms with E-state index in [1.54, 1.807) is 29.4 Å². The topological polar surface area (TPSA) is 112 Å². The van der Waals surface area contributed by atoms with Gasteiger partial charge in [0.05, 0.1) is 25.8 Å². The number of carbonyl (C=O) groups excluding carboxylic acids is 2. The molecule has 11 nitrogen and oxygen atoms in total. The molecule has 284 valence electrons. The van der Waals surface area contributed by atoms with Crippen molar-refractivity contribution in [3.8, 4) is 11.6 Å². The van der Waals surface area contributed by atoms with Gasteiger partial charge in [0.15, 0.2) is 0 Å². The van der Waals surface area contributed by atoms with Crippen LogP contribution in [0.4, 0.5) is 10.5 Å². The lowest BCUT2D eigenvalue weighted by molar-refractivity contribution is -0.117. The fourth-order valence-corrected chi connectivity index (χ4v) is 7.39. The first-order chi connectivity index (χ1) is 25.7. The van der Waals surface area contributed by atoms with Crippen molar-refractivity contribution in [1.82, 2.24) is 24.7 Å². The van der Waals surface area contributed by atoms with Gasteiger partial charge in [0, 0.05) is 65.8 Å². The summed E-state index contributed by atoms with van der Waals surface area (Å²) in [5, 5.41) is 4.07. The maximum atomic E-state index is 15.3. The average molecular weight is 773 g/mol. The Morgan fingerprint density at radius 3 is 2.13 bits per heavy atom. The predicted molar refractivity (Wildman–Crippen MR) is 213 cm³/mol. The third-order valence-electron chi connectivity index (χ3n) is 10.4. The summed E-state index contributed by atoms with van der Waals surface area (Å²) in [5.41, 5.74) is 1.37. The molecule has 13 heteroatoms. The first kappa shape index (κ1) is 39.0. The molecule has 54 heavy (non-hydrogen) atoms. The van der Waals surface area contributed by atoms with E-state index in [4.69, 9.17) is 42.7 Å². The molecule has 6 rings (SSSR count). The van der Waals surface area contributed by atoms with Gasteiger partial charge in [-0.1, -0.05) is 68.2 Å². The van der Waals surface area contributed by atoms with E-state index in [0.29, 0.717) is 71.5 Å². The van der Waals surface area contributed by atoms with E-state index < -0.39 is 11.1 Å². The van der Waals surface area contributed by atoms with Gasteiger partial charge in [0.25, 0.3) is 0 Å². The maximum Gasteiger partial charge on any atom is 0.326 e. The largest absolute Gasteiger partial charge is 0.493 e. The zero-order valence-corrected chi connectivity index (χ0v) is 33.3. The van der Waals surface area contributed by atoms with Crippen molar-refractivity contribution in [2.75, 3.05) is 51.8 Å². The number of nitrogens with one attached hydrogen (secondary N) is 1. The van der Waals surface area contributed by atoms with Crippen LogP contribution >= 0.6 is 23.2 Å². The number of methoxy groups -OCH3 is 1. The highest BCUT2D eigenvalue weighted by Crippen LogP contribution is 2.54. The molecule has 0 spiro atoms. The number of aliphatic imine (C=N–C) groups is 1. The van der Waals surface area contributed by atoms with Crippen LogP contribution in [-0.2, 0) is 21.3 Å². The molecule has 1 fully saturated rings. The lowest BCUT2D eigenvalue weighted by atomic mass is 9.71. The van der Waals surface area contributed by atoms with Gasteiger partial charge in [-0.25, -0.2) is 9.78 Å². The van der Waals surface area contributed by atoms with Gasteiger partial charge >= 0.3 is 6.03 Å². The van der Waals surface area contributed by atoms with Crippen molar-refractivity contribution in [2.24, 2.45) is 4.99 Å². The van der Waals surface area contributed by atoms with E-state index in [1.165, 1.54) is 7.11 Å². The Morgan fingerprint density at radius 2 is 1.54 bits per heavy atom. The third-order valence-corrected chi connectivity index (χ3v) is 10.9. The summed E-state index contributed by atoms with van der Waals surface area (Å²) >= 11 is 12.8. The number of benzene rings is 2. The third kappa shape index (κ3) is 7.49. The number of aromatic nitrogens is 2. The summed E-state index contributed by atoms with van der Waals surface area (Å²) in [6.45, 7) is 14.6. The molecule has 0 radical (unpaired) electrons. The van der Waals surface area contributed by atoms with E-state index in [1.807, 2.05) is 85.2 Å².